The smallest absolute Gasteiger partial charge is 0.403 e. The molecule has 0 aliphatic heterocycles. The molecule has 0 spiro atoms. The maximum Gasteiger partial charge on any atom is 0.403 e. The Balaban J connectivity index is 1.95. The summed E-state index contributed by atoms with van der Waals surface area (Å²) in [6, 6.07) is 20.5. The zero-order valence-corrected chi connectivity index (χ0v) is 17.2. The highest BCUT2D eigenvalue weighted by atomic mass is 31.2. The van der Waals surface area contributed by atoms with Gasteiger partial charge in [-0.1, -0.05) is 42.0 Å². The first kappa shape index (κ1) is 20.8. The zero-order chi connectivity index (χ0) is 20.9. The lowest BCUT2D eigenvalue weighted by Crippen LogP contribution is -2.14. The summed E-state index contributed by atoms with van der Waals surface area (Å²) in [5, 5.41) is 13.0. The van der Waals surface area contributed by atoms with Crippen molar-refractivity contribution in [2.75, 3.05) is 11.9 Å². The van der Waals surface area contributed by atoms with Gasteiger partial charge in [0.25, 0.3) is 0 Å². The maximum absolute atomic E-state index is 13.2. The Kier molecular flexibility index (Phi) is 6.47. The summed E-state index contributed by atoms with van der Waals surface area (Å²) >= 11 is 0. The standard InChI is InChI=1S/C22H24NO5P/c1-3-27-19-14-10-17(11-15-19)22(23-18-12-8-16(2)9-13-18)29(25,26)28-21-7-5-4-6-20(21)24/h4-15,22-24H,3H2,1-2H3,(H,25,26). The Morgan fingerprint density at radius 2 is 1.66 bits per heavy atom. The van der Waals surface area contributed by atoms with Gasteiger partial charge in [-0.15, -0.1) is 0 Å². The van der Waals surface area contributed by atoms with Crippen LogP contribution >= 0.6 is 7.60 Å². The van der Waals surface area contributed by atoms with Gasteiger partial charge >= 0.3 is 7.60 Å². The quantitative estimate of drug-likeness (QED) is 0.424. The van der Waals surface area contributed by atoms with E-state index >= 15 is 0 Å². The van der Waals surface area contributed by atoms with E-state index in [1.54, 1.807) is 36.4 Å². The normalized spacial score (nSPS) is 13.9. The van der Waals surface area contributed by atoms with Gasteiger partial charge in [-0.05, 0) is 55.8 Å². The summed E-state index contributed by atoms with van der Waals surface area (Å²) < 4.78 is 24.1. The number of rotatable bonds is 8. The monoisotopic (exact) mass is 413 g/mol. The summed E-state index contributed by atoms with van der Waals surface area (Å²) in [6.45, 7) is 4.38. The molecular formula is C22H24NO5P. The van der Waals surface area contributed by atoms with Crippen LogP contribution in [0, 0.1) is 6.92 Å². The Bertz CT molecular complexity index is 989. The molecule has 0 amide bonds. The molecule has 0 saturated carbocycles. The third kappa shape index (κ3) is 5.31. The number of para-hydroxylation sites is 2. The molecule has 3 aromatic carbocycles. The molecular weight excluding hydrogens is 389 g/mol. The molecule has 29 heavy (non-hydrogen) atoms. The van der Waals surface area contributed by atoms with Crippen LogP contribution in [0.5, 0.6) is 17.2 Å². The summed E-state index contributed by atoms with van der Waals surface area (Å²) in [4.78, 5) is 10.8. The number of phenols is 1. The molecule has 152 valence electrons. The number of aryl methyl sites for hydroxylation is 1. The van der Waals surface area contributed by atoms with E-state index in [0.29, 0.717) is 23.6 Å². The second kappa shape index (κ2) is 9.03. The molecule has 2 atom stereocenters. The van der Waals surface area contributed by atoms with Crippen LogP contribution in [-0.2, 0) is 4.57 Å². The molecule has 0 fully saturated rings. The number of aromatic hydroxyl groups is 1. The molecule has 0 aliphatic rings. The summed E-state index contributed by atoms with van der Waals surface area (Å²) in [6.07, 6.45) is 0. The number of phenolic OH excluding ortho intramolecular Hbond substituents is 1. The number of hydrogen-bond donors (Lipinski definition) is 3. The molecule has 2 unspecified atom stereocenters. The first-order valence-corrected chi connectivity index (χ1v) is 10.9. The van der Waals surface area contributed by atoms with Gasteiger partial charge in [0.1, 0.15) is 5.75 Å². The highest BCUT2D eigenvalue weighted by Crippen LogP contribution is 2.57. The van der Waals surface area contributed by atoms with Crippen molar-refractivity contribution < 1.29 is 23.8 Å². The minimum Gasteiger partial charge on any atom is -0.504 e. The van der Waals surface area contributed by atoms with E-state index in [0.717, 1.165) is 5.56 Å². The van der Waals surface area contributed by atoms with Crippen LogP contribution in [0.25, 0.3) is 0 Å². The van der Waals surface area contributed by atoms with Gasteiger partial charge in [-0.2, -0.15) is 0 Å². The highest BCUT2D eigenvalue weighted by Gasteiger charge is 2.36. The molecule has 3 N–H and O–H groups in total. The van der Waals surface area contributed by atoms with Gasteiger partial charge in [0.15, 0.2) is 17.3 Å². The van der Waals surface area contributed by atoms with E-state index in [1.165, 1.54) is 12.1 Å². The number of anilines is 1. The van der Waals surface area contributed by atoms with Crippen molar-refractivity contribution in [1.82, 2.24) is 0 Å². The Hall–Kier alpha value is -2.95. The molecule has 0 bridgehead atoms. The second-order valence-corrected chi connectivity index (χ2v) is 8.37. The fourth-order valence-corrected chi connectivity index (χ4v) is 4.20. The Morgan fingerprint density at radius 3 is 2.28 bits per heavy atom. The predicted octanol–water partition coefficient (Wildman–Crippen LogP) is 5.47. The van der Waals surface area contributed by atoms with Gasteiger partial charge in [-0.25, -0.2) is 4.57 Å². The summed E-state index contributed by atoms with van der Waals surface area (Å²) in [5.41, 5.74) is 2.30. The molecule has 7 heteroatoms. The van der Waals surface area contributed by atoms with Crippen molar-refractivity contribution >= 4 is 13.3 Å². The molecule has 0 radical (unpaired) electrons. The van der Waals surface area contributed by atoms with Crippen molar-refractivity contribution in [2.45, 2.75) is 19.6 Å². The van der Waals surface area contributed by atoms with Crippen molar-refractivity contribution in [3.05, 3.63) is 83.9 Å². The van der Waals surface area contributed by atoms with Gasteiger partial charge < -0.3 is 24.6 Å². The van der Waals surface area contributed by atoms with E-state index in [1.807, 2.05) is 38.1 Å². The predicted molar refractivity (Wildman–Crippen MR) is 114 cm³/mol. The van der Waals surface area contributed by atoms with Crippen molar-refractivity contribution in [3.8, 4) is 17.2 Å². The fraction of sp³-hybridized carbons (Fsp3) is 0.182. The largest absolute Gasteiger partial charge is 0.504 e. The van der Waals surface area contributed by atoms with E-state index in [4.69, 9.17) is 9.26 Å². The van der Waals surface area contributed by atoms with Gasteiger partial charge in [0.2, 0.25) is 0 Å². The third-order valence-corrected chi connectivity index (χ3v) is 5.82. The van der Waals surface area contributed by atoms with Crippen LogP contribution < -0.4 is 14.6 Å². The lowest BCUT2D eigenvalue weighted by atomic mass is 10.2. The molecule has 3 rings (SSSR count). The number of benzene rings is 3. The molecule has 0 aliphatic carbocycles. The van der Waals surface area contributed by atoms with Crippen LogP contribution in [0.2, 0.25) is 0 Å². The first-order valence-electron chi connectivity index (χ1n) is 9.25. The van der Waals surface area contributed by atoms with Crippen LogP contribution in [0.4, 0.5) is 5.69 Å². The maximum atomic E-state index is 13.2. The molecule has 3 aromatic rings. The Labute approximate surface area is 170 Å². The molecule has 0 aromatic heterocycles. The SMILES string of the molecule is CCOc1ccc(C(Nc2ccc(C)cc2)P(=O)(O)Oc2ccccc2O)cc1. The summed E-state index contributed by atoms with van der Waals surface area (Å²) in [5.74, 6) is -0.650. The van der Waals surface area contributed by atoms with Gasteiger partial charge in [0, 0.05) is 5.69 Å². The molecule has 0 saturated heterocycles. The highest BCUT2D eigenvalue weighted by molar-refractivity contribution is 7.53. The van der Waals surface area contributed by atoms with E-state index < -0.39 is 13.4 Å². The fourth-order valence-electron chi connectivity index (χ4n) is 2.80. The Morgan fingerprint density at radius 1 is 1.00 bits per heavy atom. The van der Waals surface area contributed by atoms with Crippen LogP contribution in [-0.4, -0.2) is 16.6 Å². The topological polar surface area (TPSA) is 88.0 Å². The molecule has 6 nitrogen and oxygen atoms in total. The number of nitrogens with one attached hydrogen (secondary N) is 1. The van der Waals surface area contributed by atoms with Gasteiger partial charge in [-0.3, -0.25) is 0 Å². The van der Waals surface area contributed by atoms with Crippen LogP contribution in [0.3, 0.4) is 0 Å². The summed E-state index contributed by atoms with van der Waals surface area (Å²) in [7, 11) is -4.29. The van der Waals surface area contributed by atoms with Gasteiger partial charge in [0.05, 0.1) is 6.61 Å². The average molecular weight is 413 g/mol. The lowest BCUT2D eigenvalue weighted by Gasteiger charge is -2.26. The van der Waals surface area contributed by atoms with Crippen LogP contribution in [0.15, 0.2) is 72.8 Å². The van der Waals surface area contributed by atoms with E-state index in [2.05, 4.69) is 5.32 Å². The molecule has 0 heterocycles. The van der Waals surface area contributed by atoms with Crippen molar-refractivity contribution in [2.24, 2.45) is 0 Å². The number of hydrogen-bond acceptors (Lipinski definition) is 5. The van der Waals surface area contributed by atoms with E-state index in [-0.39, 0.29) is 11.5 Å². The minimum absolute atomic E-state index is 0.0556. The van der Waals surface area contributed by atoms with Crippen molar-refractivity contribution in [1.29, 1.82) is 0 Å². The first-order chi connectivity index (χ1) is 13.9. The average Bonchev–Trinajstić information content (AvgIpc) is 2.70. The number of ether oxygens (including phenoxy) is 1. The second-order valence-electron chi connectivity index (χ2n) is 6.54. The van der Waals surface area contributed by atoms with E-state index in [9.17, 15) is 14.6 Å². The van der Waals surface area contributed by atoms with Crippen LogP contribution in [0.1, 0.15) is 23.8 Å². The minimum atomic E-state index is -4.29. The third-order valence-electron chi connectivity index (χ3n) is 4.28. The lowest BCUT2D eigenvalue weighted by molar-refractivity contribution is 0.340. The van der Waals surface area contributed by atoms with Crippen molar-refractivity contribution in [3.63, 3.8) is 0 Å². The zero-order valence-electron chi connectivity index (χ0n) is 16.3.